The van der Waals surface area contributed by atoms with Crippen LogP contribution in [0.15, 0.2) is 60.7 Å². The Kier molecular flexibility index (Phi) is 5.76. The molecule has 0 saturated heterocycles. The lowest BCUT2D eigenvalue weighted by Crippen LogP contribution is -2.31. The van der Waals surface area contributed by atoms with Crippen molar-refractivity contribution in [3.63, 3.8) is 0 Å². The summed E-state index contributed by atoms with van der Waals surface area (Å²) in [5.41, 5.74) is 5.84. The second-order valence-corrected chi connectivity index (χ2v) is 8.89. The Labute approximate surface area is 203 Å². The van der Waals surface area contributed by atoms with Crippen molar-refractivity contribution in [1.82, 2.24) is 15.1 Å². The number of rotatable bonds is 6. The number of aromatic hydroxyl groups is 1. The van der Waals surface area contributed by atoms with Crippen molar-refractivity contribution in [2.45, 2.75) is 26.3 Å². The normalized spacial score (nSPS) is 14.9. The largest absolute Gasteiger partial charge is 0.507 e. The van der Waals surface area contributed by atoms with E-state index in [-0.39, 0.29) is 17.5 Å². The van der Waals surface area contributed by atoms with Crippen molar-refractivity contribution in [2.75, 3.05) is 13.7 Å². The molecule has 2 N–H and O–H groups in total. The molecule has 2 heterocycles. The van der Waals surface area contributed by atoms with Crippen LogP contribution in [0.3, 0.4) is 0 Å². The smallest absolute Gasteiger partial charge is 0.273 e. The quantitative estimate of drug-likeness (QED) is 0.398. The van der Waals surface area contributed by atoms with Crippen molar-refractivity contribution in [3.8, 4) is 22.8 Å². The Morgan fingerprint density at radius 3 is 2.46 bits per heavy atom. The molecule has 0 fully saturated rings. The number of ether oxygens (including phenoxy) is 1. The predicted octanol–water partition coefficient (Wildman–Crippen LogP) is 5.33. The maximum absolute atomic E-state index is 13.8. The molecule has 4 aromatic rings. The number of phenolic OH excluding ortho intramolecular Hbond substituents is 1. The Morgan fingerprint density at radius 2 is 1.80 bits per heavy atom. The SMILES string of the molecule is COc1ccc(CCN2C(=O)c3[nH]nc(-c4c(C)cc(C)cc4O)c3C2c2ccc(F)cc2)cc1. The number of H-pyrrole nitrogens is 1. The van der Waals surface area contributed by atoms with E-state index < -0.39 is 6.04 Å². The van der Waals surface area contributed by atoms with Gasteiger partial charge >= 0.3 is 0 Å². The number of phenols is 1. The van der Waals surface area contributed by atoms with Crippen LogP contribution in [0.4, 0.5) is 4.39 Å². The number of nitrogens with zero attached hydrogens (tertiary/aromatic N) is 2. The molecule has 6 nitrogen and oxygen atoms in total. The molecule has 178 valence electrons. The van der Waals surface area contributed by atoms with Crippen LogP contribution in [-0.4, -0.2) is 39.8 Å². The van der Waals surface area contributed by atoms with Gasteiger partial charge in [-0.15, -0.1) is 0 Å². The summed E-state index contributed by atoms with van der Waals surface area (Å²) in [7, 11) is 1.62. The Morgan fingerprint density at radius 1 is 1.09 bits per heavy atom. The van der Waals surface area contributed by atoms with Gasteiger partial charge in [-0.25, -0.2) is 4.39 Å². The molecule has 1 aliphatic heterocycles. The zero-order chi connectivity index (χ0) is 24.7. The number of methoxy groups -OCH3 is 1. The second-order valence-electron chi connectivity index (χ2n) is 8.89. The van der Waals surface area contributed by atoms with Gasteiger partial charge in [0.1, 0.15) is 28.7 Å². The lowest BCUT2D eigenvalue weighted by atomic mass is 9.93. The summed E-state index contributed by atoms with van der Waals surface area (Å²) in [5.74, 6) is 0.362. The summed E-state index contributed by atoms with van der Waals surface area (Å²) in [6, 6.07) is 17.1. The van der Waals surface area contributed by atoms with E-state index in [1.54, 1.807) is 30.2 Å². The molecular weight excluding hydrogens is 445 g/mol. The first-order chi connectivity index (χ1) is 16.9. The molecule has 35 heavy (non-hydrogen) atoms. The molecule has 1 aliphatic rings. The number of benzene rings is 3. The molecular formula is C28H26FN3O3. The van der Waals surface area contributed by atoms with Crippen LogP contribution >= 0.6 is 0 Å². The summed E-state index contributed by atoms with van der Waals surface area (Å²) in [4.78, 5) is 15.3. The van der Waals surface area contributed by atoms with E-state index in [2.05, 4.69) is 10.2 Å². The van der Waals surface area contributed by atoms with E-state index in [1.807, 2.05) is 44.2 Å². The van der Waals surface area contributed by atoms with Crippen LogP contribution in [0.5, 0.6) is 11.5 Å². The number of fused-ring (bicyclic) bond motifs is 1. The molecule has 0 spiro atoms. The minimum Gasteiger partial charge on any atom is -0.507 e. The number of aromatic nitrogens is 2. The number of nitrogens with one attached hydrogen (secondary N) is 1. The number of hydrogen-bond acceptors (Lipinski definition) is 4. The molecule has 5 rings (SSSR count). The summed E-state index contributed by atoms with van der Waals surface area (Å²) < 4.78 is 19.0. The monoisotopic (exact) mass is 471 g/mol. The average molecular weight is 472 g/mol. The minimum absolute atomic E-state index is 0.110. The maximum Gasteiger partial charge on any atom is 0.273 e. The number of amides is 1. The van der Waals surface area contributed by atoms with Gasteiger partial charge in [0.2, 0.25) is 0 Å². The van der Waals surface area contributed by atoms with Crippen LogP contribution in [0.2, 0.25) is 0 Å². The fourth-order valence-electron chi connectivity index (χ4n) is 4.90. The number of carbonyl (C=O) groups excluding carboxylic acids is 1. The van der Waals surface area contributed by atoms with E-state index >= 15 is 0 Å². The molecule has 3 aromatic carbocycles. The molecule has 1 unspecified atom stereocenters. The van der Waals surface area contributed by atoms with Gasteiger partial charge in [0.05, 0.1) is 13.2 Å². The Bertz CT molecular complexity index is 1370. The van der Waals surface area contributed by atoms with Gasteiger partial charge < -0.3 is 14.7 Å². The van der Waals surface area contributed by atoms with E-state index in [0.717, 1.165) is 28.0 Å². The summed E-state index contributed by atoms with van der Waals surface area (Å²) in [6.45, 7) is 4.28. The van der Waals surface area contributed by atoms with E-state index in [4.69, 9.17) is 4.74 Å². The van der Waals surface area contributed by atoms with E-state index in [0.29, 0.717) is 35.5 Å². The number of aryl methyl sites for hydroxylation is 2. The Hall–Kier alpha value is -4.13. The second kappa shape index (κ2) is 8.91. The number of aromatic amines is 1. The summed E-state index contributed by atoms with van der Waals surface area (Å²) >= 11 is 0. The van der Waals surface area contributed by atoms with Crippen LogP contribution in [0, 0.1) is 19.7 Å². The third-order valence-electron chi connectivity index (χ3n) is 6.55. The van der Waals surface area contributed by atoms with Gasteiger partial charge in [-0.05, 0) is 72.9 Å². The summed E-state index contributed by atoms with van der Waals surface area (Å²) in [6.07, 6.45) is 0.634. The first-order valence-electron chi connectivity index (χ1n) is 11.5. The molecule has 0 bridgehead atoms. The zero-order valence-corrected chi connectivity index (χ0v) is 19.8. The first kappa shape index (κ1) is 22.7. The lowest BCUT2D eigenvalue weighted by Gasteiger charge is -2.26. The highest BCUT2D eigenvalue weighted by Crippen LogP contribution is 2.45. The van der Waals surface area contributed by atoms with Crippen molar-refractivity contribution < 1.29 is 19.0 Å². The maximum atomic E-state index is 13.8. The molecule has 0 radical (unpaired) electrons. The van der Waals surface area contributed by atoms with Crippen molar-refractivity contribution >= 4 is 5.91 Å². The molecule has 0 aliphatic carbocycles. The number of carbonyl (C=O) groups is 1. The van der Waals surface area contributed by atoms with Gasteiger partial charge in [0.15, 0.2) is 0 Å². The third-order valence-corrected chi connectivity index (χ3v) is 6.55. The number of halogens is 1. The molecule has 1 amide bonds. The van der Waals surface area contributed by atoms with Crippen LogP contribution in [-0.2, 0) is 6.42 Å². The average Bonchev–Trinajstić information content (AvgIpc) is 3.37. The minimum atomic E-state index is -0.467. The van der Waals surface area contributed by atoms with Crippen molar-refractivity contribution in [2.24, 2.45) is 0 Å². The zero-order valence-electron chi connectivity index (χ0n) is 19.8. The Balaban J connectivity index is 1.57. The van der Waals surface area contributed by atoms with E-state index in [9.17, 15) is 14.3 Å². The number of hydrogen-bond donors (Lipinski definition) is 2. The van der Waals surface area contributed by atoms with Crippen molar-refractivity contribution in [3.05, 3.63) is 100.0 Å². The fraction of sp³-hybridized carbons (Fsp3) is 0.214. The molecule has 1 aromatic heterocycles. The standard InChI is InChI=1S/C28H26FN3O3/c1-16-14-17(2)23(22(33)15-16)25-24-26(31-30-25)28(34)32(27(24)19-6-8-20(29)9-7-19)13-12-18-4-10-21(35-3)11-5-18/h4-11,14-15,27,33H,12-13H2,1-3H3,(H,30,31). The topological polar surface area (TPSA) is 78.5 Å². The fourth-order valence-corrected chi connectivity index (χ4v) is 4.90. The predicted molar refractivity (Wildman–Crippen MR) is 131 cm³/mol. The highest BCUT2D eigenvalue weighted by Gasteiger charge is 2.42. The lowest BCUT2D eigenvalue weighted by molar-refractivity contribution is 0.0746. The van der Waals surface area contributed by atoms with Gasteiger partial charge in [-0.2, -0.15) is 5.10 Å². The molecule has 7 heteroatoms. The van der Waals surface area contributed by atoms with Gasteiger partial charge in [0.25, 0.3) is 5.91 Å². The molecule has 1 atom stereocenters. The van der Waals surface area contributed by atoms with Crippen LogP contribution in [0.1, 0.15) is 44.3 Å². The summed E-state index contributed by atoms with van der Waals surface area (Å²) in [5, 5.41) is 18.2. The molecule has 0 saturated carbocycles. The van der Waals surface area contributed by atoms with Crippen molar-refractivity contribution in [1.29, 1.82) is 0 Å². The van der Waals surface area contributed by atoms with Gasteiger partial charge in [0, 0.05) is 17.7 Å². The van der Waals surface area contributed by atoms with Gasteiger partial charge in [-0.1, -0.05) is 30.3 Å². The van der Waals surface area contributed by atoms with Crippen LogP contribution < -0.4 is 4.74 Å². The highest BCUT2D eigenvalue weighted by molar-refractivity contribution is 6.00. The van der Waals surface area contributed by atoms with Crippen LogP contribution in [0.25, 0.3) is 11.3 Å². The van der Waals surface area contributed by atoms with Gasteiger partial charge in [-0.3, -0.25) is 9.89 Å². The van der Waals surface area contributed by atoms with E-state index in [1.165, 1.54) is 12.1 Å². The first-order valence-corrected chi connectivity index (χ1v) is 11.5. The highest BCUT2D eigenvalue weighted by atomic mass is 19.1. The third kappa shape index (κ3) is 4.03.